The SMILES string of the molecule is O=C(C=Cc1ccccc1)Nc1c(C(=O)c2ccc(Br)cc2)oc2ccccc12. The summed E-state index contributed by atoms with van der Waals surface area (Å²) in [6.45, 7) is 0. The number of carbonyl (C=O) groups excluding carboxylic acids is 2. The molecule has 0 atom stereocenters. The molecule has 0 unspecified atom stereocenters. The molecule has 5 heteroatoms. The summed E-state index contributed by atoms with van der Waals surface area (Å²) >= 11 is 3.36. The molecule has 4 nitrogen and oxygen atoms in total. The first-order valence-electron chi connectivity index (χ1n) is 8.98. The number of para-hydroxylation sites is 1. The Bertz CT molecular complexity index is 1210. The number of anilines is 1. The summed E-state index contributed by atoms with van der Waals surface area (Å²) in [6, 6.07) is 23.7. The van der Waals surface area contributed by atoms with Crippen molar-refractivity contribution in [2.75, 3.05) is 5.32 Å². The lowest BCUT2D eigenvalue weighted by atomic mass is 10.1. The molecule has 0 aliphatic rings. The molecular weight excluding hydrogens is 430 g/mol. The van der Waals surface area contributed by atoms with Crippen LogP contribution < -0.4 is 5.32 Å². The molecule has 0 aliphatic carbocycles. The molecule has 142 valence electrons. The van der Waals surface area contributed by atoms with Crippen molar-refractivity contribution in [3.8, 4) is 0 Å². The van der Waals surface area contributed by atoms with Crippen LogP contribution >= 0.6 is 15.9 Å². The van der Waals surface area contributed by atoms with Gasteiger partial charge in [-0.2, -0.15) is 0 Å². The smallest absolute Gasteiger partial charge is 0.248 e. The third-order valence-corrected chi connectivity index (χ3v) is 4.91. The van der Waals surface area contributed by atoms with E-state index in [1.54, 1.807) is 36.4 Å². The Morgan fingerprint density at radius 1 is 0.862 bits per heavy atom. The van der Waals surface area contributed by atoms with Gasteiger partial charge in [-0.1, -0.05) is 58.4 Å². The Kier molecular flexibility index (Phi) is 5.40. The molecule has 0 fully saturated rings. The van der Waals surface area contributed by atoms with E-state index in [2.05, 4.69) is 21.2 Å². The lowest BCUT2D eigenvalue weighted by molar-refractivity contribution is -0.111. The second-order valence-corrected chi connectivity index (χ2v) is 7.29. The van der Waals surface area contributed by atoms with Crippen LogP contribution in [0.4, 0.5) is 5.69 Å². The third-order valence-electron chi connectivity index (χ3n) is 4.38. The van der Waals surface area contributed by atoms with Crippen molar-refractivity contribution >= 4 is 50.4 Å². The topological polar surface area (TPSA) is 59.3 Å². The highest BCUT2D eigenvalue weighted by Gasteiger charge is 2.22. The molecule has 4 aromatic rings. The first-order chi connectivity index (χ1) is 14.1. The average Bonchev–Trinajstić information content (AvgIpc) is 3.11. The van der Waals surface area contributed by atoms with Crippen LogP contribution in [0.5, 0.6) is 0 Å². The predicted octanol–water partition coefficient (Wildman–Crippen LogP) is 6.08. The highest BCUT2D eigenvalue weighted by atomic mass is 79.9. The highest BCUT2D eigenvalue weighted by molar-refractivity contribution is 9.10. The average molecular weight is 446 g/mol. The van der Waals surface area contributed by atoms with Crippen molar-refractivity contribution in [3.05, 3.63) is 106 Å². The van der Waals surface area contributed by atoms with E-state index in [0.717, 1.165) is 10.0 Å². The van der Waals surface area contributed by atoms with Crippen LogP contribution in [0.15, 0.2) is 93.8 Å². The van der Waals surface area contributed by atoms with Crippen LogP contribution in [0.1, 0.15) is 21.7 Å². The molecular formula is C24H16BrNO3. The number of halogens is 1. The minimum Gasteiger partial charge on any atom is -0.450 e. The number of rotatable bonds is 5. The summed E-state index contributed by atoms with van der Waals surface area (Å²) in [6.07, 6.45) is 3.15. The van der Waals surface area contributed by atoms with E-state index in [1.165, 1.54) is 6.08 Å². The Labute approximate surface area is 176 Å². The number of amides is 1. The van der Waals surface area contributed by atoms with Gasteiger partial charge in [0.2, 0.25) is 11.7 Å². The van der Waals surface area contributed by atoms with Gasteiger partial charge in [-0.25, -0.2) is 0 Å². The minimum atomic E-state index is -0.342. The number of benzene rings is 3. The lowest BCUT2D eigenvalue weighted by Gasteiger charge is -2.04. The minimum absolute atomic E-state index is 0.106. The number of nitrogens with one attached hydrogen (secondary N) is 1. The van der Waals surface area contributed by atoms with Crippen LogP contribution in [-0.2, 0) is 4.79 Å². The Morgan fingerprint density at radius 2 is 1.55 bits per heavy atom. The van der Waals surface area contributed by atoms with Gasteiger partial charge in [-0.15, -0.1) is 0 Å². The highest BCUT2D eigenvalue weighted by Crippen LogP contribution is 2.32. The standard InChI is InChI=1S/C24H16BrNO3/c25-18-13-11-17(12-14-18)23(28)24-22(19-8-4-5-9-20(19)29-24)26-21(27)15-10-16-6-2-1-3-7-16/h1-15H,(H,26,27). The van der Waals surface area contributed by atoms with Crippen LogP contribution in [0.3, 0.4) is 0 Å². The molecule has 0 spiro atoms. The number of hydrogen-bond donors (Lipinski definition) is 1. The zero-order valence-electron chi connectivity index (χ0n) is 15.3. The molecule has 0 saturated carbocycles. The molecule has 1 heterocycles. The monoisotopic (exact) mass is 445 g/mol. The Balaban J connectivity index is 1.68. The maximum atomic E-state index is 13.0. The van der Waals surface area contributed by atoms with Gasteiger partial charge in [-0.05, 0) is 48.0 Å². The summed E-state index contributed by atoms with van der Waals surface area (Å²) < 4.78 is 6.68. The van der Waals surface area contributed by atoms with E-state index in [0.29, 0.717) is 22.2 Å². The van der Waals surface area contributed by atoms with Crippen molar-refractivity contribution in [2.45, 2.75) is 0 Å². The van der Waals surface area contributed by atoms with Gasteiger partial charge < -0.3 is 9.73 Å². The maximum Gasteiger partial charge on any atom is 0.248 e. The number of hydrogen-bond acceptors (Lipinski definition) is 3. The second-order valence-electron chi connectivity index (χ2n) is 6.37. The van der Waals surface area contributed by atoms with Gasteiger partial charge in [0.05, 0.1) is 5.69 Å². The van der Waals surface area contributed by atoms with Crippen LogP contribution in [0.25, 0.3) is 17.0 Å². The van der Waals surface area contributed by atoms with Crippen molar-refractivity contribution in [1.82, 2.24) is 0 Å². The molecule has 4 rings (SSSR count). The molecule has 3 aromatic carbocycles. The fraction of sp³-hybridized carbons (Fsp3) is 0. The number of carbonyl (C=O) groups is 2. The van der Waals surface area contributed by atoms with Gasteiger partial charge in [0.15, 0.2) is 5.76 Å². The van der Waals surface area contributed by atoms with E-state index < -0.39 is 0 Å². The largest absolute Gasteiger partial charge is 0.450 e. The molecule has 0 aliphatic heterocycles. The van der Waals surface area contributed by atoms with Crippen LogP contribution in [0, 0.1) is 0 Å². The summed E-state index contributed by atoms with van der Waals surface area (Å²) in [4.78, 5) is 25.6. The van der Waals surface area contributed by atoms with Crippen molar-refractivity contribution in [3.63, 3.8) is 0 Å². The zero-order valence-corrected chi connectivity index (χ0v) is 16.8. The summed E-state index contributed by atoms with van der Waals surface area (Å²) in [5.41, 5.74) is 2.29. The normalized spacial score (nSPS) is 11.1. The van der Waals surface area contributed by atoms with Gasteiger partial charge in [0.25, 0.3) is 0 Å². The fourth-order valence-electron chi connectivity index (χ4n) is 2.96. The number of fused-ring (bicyclic) bond motifs is 1. The Hall–Kier alpha value is -3.44. The third kappa shape index (κ3) is 4.20. The van der Waals surface area contributed by atoms with Crippen molar-refractivity contribution < 1.29 is 14.0 Å². The van der Waals surface area contributed by atoms with E-state index in [1.807, 2.05) is 48.5 Å². The van der Waals surface area contributed by atoms with E-state index in [9.17, 15) is 9.59 Å². The van der Waals surface area contributed by atoms with Crippen molar-refractivity contribution in [1.29, 1.82) is 0 Å². The van der Waals surface area contributed by atoms with Crippen molar-refractivity contribution in [2.24, 2.45) is 0 Å². The summed E-state index contributed by atoms with van der Waals surface area (Å²) in [7, 11) is 0. The van der Waals surface area contributed by atoms with Gasteiger partial charge in [-0.3, -0.25) is 9.59 Å². The molecule has 1 aromatic heterocycles. The van der Waals surface area contributed by atoms with Crippen LogP contribution in [-0.4, -0.2) is 11.7 Å². The molecule has 0 bridgehead atoms. The maximum absolute atomic E-state index is 13.0. The molecule has 0 saturated heterocycles. The molecule has 29 heavy (non-hydrogen) atoms. The fourth-order valence-corrected chi connectivity index (χ4v) is 3.23. The summed E-state index contributed by atoms with van der Waals surface area (Å²) in [5, 5.41) is 3.49. The van der Waals surface area contributed by atoms with E-state index in [4.69, 9.17) is 4.42 Å². The quantitative estimate of drug-likeness (QED) is 0.299. The van der Waals surface area contributed by atoms with E-state index in [-0.39, 0.29) is 17.5 Å². The second kappa shape index (κ2) is 8.29. The zero-order chi connectivity index (χ0) is 20.2. The molecule has 1 amide bonds. The Morgan fingerprint density at radius 3 is 2.31 bits per heavy atom. The summed E-state index contributed by atoms with van der Waals surface area (Å²) in [5.74, 6) is -0.531. The van der Waals surface area contributed by atoms with Gasteiger partial charge in [0.1, 0.15) is 5.58 Å². The number of furan rings is 1. The number of ketones is 1. The van der Waals surface area contributed by atoms with Gasteiger partial charge >= 0.3 is 0 Å². The van der Waals surface area contributed by atoms with Crippen LogP contribution in [0.2, 0.25) is 0 Å². The van der Waals surface area contributed by atoms with Gasteiger partial charge in [0, 0.05) is 21.5 Å². The predicted molar refractivity (Wildman–Crippen MR) is 118 cm³/mol. The first-order valence-corrected chi connectivity index (χ1v) is 9.77. The first kappa shape index (κ1) is 18.9. The lowest BCUT2D eigenvalue weighted by Crippen LogP contribution is -2.11. The molecule has 1 N–H and O–H groups in total. The van der Waals surface area contributed by atoms with E-state index >= 15 is 0 Å². The molecule has 0 radical (unpaired) electrons.